The molecule has 0 atom stereocenters. The highest BCUT2D eigenvalue weighted by Gasteiger charge is 2.32. The number of aromatic nitrogens is 1. The van der Waals surface area contributed by atoms with Gasteiger partial charge in [-0.2, -0.15) is 0 Å². The molecule has 5 rings (SSSR count). The van der Waals surface area contributed by atoms with Crippen LogP contribution in [0.2, 0.25) is 5.02 Å². The first kappa shape index (κ1) is 18.0. The molecule has 3 aliphatic rings. The van der Waals surface area contributed by atoms with Crippen LogP contribution in [-0.4, -0.2) is 56.7 Å². The number of piperazine rings is 1. The summed E-state index contributed by atoms with van der Waals surface area (Å²) in [6.45, 7) is 5.24. The number of likely N-dealkylation sites (N-methyl/N-ethyl adjacent to an activating group) is 1. The molecule has 3 heterocycles. The van der Waals surface area contributed by atoms with Crippen LogP contribution in [0.1, 0.15) is 12.8 Å². The van der Waals surface area contributed by atoms with E-state index in [0.29, 0.717) is 0 Å². The minimum atomic E-state index is 0.778. The van der Waals surface area contributed by atoms with E-state index in [0.717, 1.165) is 72.0 Å². The Morgan fingerprint density at radius 1 is 1.07 bits per heavy atom. The highest BCUT2D eigenvalue weighted by Crippen LogP contribution is 2.45. The summed E-state index contributed by atoms with van der Waals surface area (Å²) < 4.78 is 0. The van der Waals surface area contributed by atoms with Gasteiger partial charge in [0, 0.05) is 57.1 Å². The van der Waals surface area contributed by atoms with Gasteiger partial charge in [0.1, 0.15) is 5.82 Å². The fourth-order valence-electron chi connectivity index (χ4n) is 4.06. The zero-order chi connectivity index (χ0) is 19.3. The maximum atomic E-state index is 6.85. The van der Waals surface area contributed by atoms with Crippen LogP contribution in [0, 0.1) is 5.92 Å². The minimum absolute atomic E-state index is 0.778. The smallest absolute Gasteiger partial charge is 0.128 e. The molecule has 1 saturated heterocycles. The Hall–Kier alpha value is -2.02. The Morgan fingerprint density at radius 3 is 2.54 bits per heavy atom. The molecule has 1 N–H and O–H groups in total. The number of halogens is 1. The van der Waals surface area contributed by atoms with E-state index in [1.54, 1.807) is 0 Å². The van der Waals surface area contributed by atoms with E-state index in [4.69, 9.17) is 16.6 Å². The molecule has 0 spiro atoms. The van der Waals surface area contributed by atoms with E-state index in [9.17, 15) is 0 Å². The molecule has 7 heteroatoms. The maximum Gasteiger partial charge on any atom is 0.128 e. The van der Waals surface area contributed by atoms with Gasteiger partial charge >= 0.3 is 0 Å². The third-order valence-electron chi connectivity index (χ3n) is 6.02. The van der Waals surface area contributed by atoms with E-state index in [1.165, 1.54) is 12.8 Å². The largest absolute Gasteiger partial charge is 0.354 e. The summed E-state index contributed by atoms with van der Waals surface area (Å²) >= 11 is 6.85. The van der Waals surface area contributed by atoms with Crippen LogP contribution in [0.15, 0.2) is 30.5 Å². The first-order chi connectivity index (χ1) is 13.6. The first-order valence-corrected chi connectivity index (χ1v) is 10.5. The molecule has 148 valence electrons. The Morgan fingerprint density at radius 2 is 1.86 bits per heavy atom. The number of hydrogen-bond donors (Lipinski definition) is 1. The number of nitrogens with zero attached hydrogens (tertiary/aromatic N) is 5. The maximum absolute atomic E-state index is 6.85. The quantitative estimate of drug-likeness (QED) is 0.852. The van der Waals surface area contributed by atoms with Crippen molar-refractivity contribution in [1.29, 1.82) is 0 Å². The van der Waals surface area contributed by atoms with Crippen LogP contribution in [0.25, 0.3) is 11.1 Å². The molecular formula is C21H27ClN6. The molecule has 2 aromatic rings. The SMILES string of the molecule is CN1CCN(c2ccc(-c3ccc4c(c3Cl)N(C)NN4CC3CC3)cn2)CC1. The number of rotatable bonds is 4. The summed E-state index contributed by atoms with van der Waals surface area (Å²) in [6, 6.07) is 8.54. The zero-order valence-electron chi connectivity index (χ0n) is 16.5. The second kappa shape index (κ2) is 7.10. The van der Waals surface area contributed by atoms with Gasteiger partial charge in [-0.25, -0.2) is 4.98 Å². The molecule has 0 radical (unpaired) electrons. The van der Waals surface area contributed by atoms with E-state index in [2.05, 4.69) is 51.7 Å². The summed E-state index contributed by atoms with van der Waals surface area (Å²) in [4.78, 5) is 9.43. The van der Waals surface area contributed by atoms with E-state index in [1.807, 2.05) is 18.3 Å². The summed E-state index contributed by atoms with van der Waals surface area (Å²) in [5, 5.41) is 5.02. The van der Waals surface area contributed by atoms with Crippen molar-refractivity contribution in [2.45, 2.75) is 12.8 Å². The lowest BCUT2D eigenvalue weighted by Crippen LogP contribution is -2.44. The fourth-order valence-corrected chi connectivity index (χ4v) is 4.46. The van der Waals surface area contributed by atoms with Gasteiger partial charge in [-0.05, 0) is 44.0 Å². The van der Waals surface area contributed by atoms with Gasteiger partial charge in [0.25, 0.3) is 0 Å². The highest BCUT2D eigenvalue weighted by atomic mass is 35.5. The van der Waals surface area contributed by atoms with E-state index >= 15 is 0 Å². The van der Waals surface area contributed by atoms with Crippen molar-refractivity contribution in [3.05, 3.63) is 35.5 Å². The molecule has 1 aromatic heterocycles. The van der Waals surface area contributed by atoms with Gasteiger partial charge in [-0.3, -0.25) is 10.0 Å². The van der Waals surface area contributed by atoms with Crippen molar-refractivity contribution in [2.24, 2.45) is 5.92 Å². The number of fused-ring (bicyclic) bond motifs is 1. The van der Waals surface area contributed by atoms with Crippen LogP contribution in [-0.2, 0) is 0 Å². The number of anilines is 3. The molecule has 28 heavy (non-hydrogen) atoms. The van der Waals surface area contributed by atoms with Crippen molar-refractivity contribution < 1.29 is 0 Å². The molecule has 6 nitrogen and oxygen atoms in total. The van der Waals surface area contributed by atoms with Gasteiger partial charge in [-0.1, -0.05) is 17.7 Å². The van der Waals surface area contributed by atoms with Gasteiger partial charge in [0.2, 0.25) is 0 Å². The molecular weight excluding hydrogens is 372 g/mol. The van der Waals surface area contributed by atoms with Crippen molar-refractivity contribution in [2.75, 3.05) is 61.7 Å². The van der Waals surface area contributed by atoms with Gasteiger partial charge in [-0.15, -0.1) is 5.53 Å². The van der Waals surface area contributed by atoms with Crippen LogP contribution < -0.4 is 20.5 Å². The third-order valence-corrected chi connectivity index (χ3v) is 6.40. The predicted octanol–water partition coefficient (Wildman–Crippen LogP) is 3.24. The molecule has 0 amide bonds. The Balaban J connectivity index is 1.40. The Kier molecular flexibility index (Phi) is 4.57. The van der Waals surface area contributed by atoms with E-state index in [-0.39, 0.29) is 0 Å². The molecule has 2 fully saturated rings. The van der Waals surface area contributed by atoms with Crippen LogP contribution in [0.4, 0.5) is 17.2 Å². The predicted molar refractivity (Wildman–Crippen MR) is 116 cm³/mol. The third kappa shape index (κ3) is 3.30. The van der Waals surface area contributed by atoms with Gasteiger partial charge in [0.15, 0.2) is 0 Å². The number of hydrogen-bond acceptors (Lipinski definition) is 6. The number of pyridine rings is 1. The van der Waals surface area contributed by atoms with Crippen LogP contribution in [0.3, 0.4) is 0 Å². The van der Waals surface area contributed by atoms with Gasteiger partial charge < -0.3 is 9.80 Å². The number of hydrazine groups is 2. The second-order valence-electron chi connectivity index (χ2n) is 8.20. The Bertz CT molecular complexity index is 858. The van der Waals surface area contributed by atoms with Crippen LogP contribution in [0.5, 0.6) is 0 Å². The van der Waals surface area contributed by atoms with Crippen molar-refractivity contribution in [3.8, 4) is 11.1 Å². The lowest BCUT2D eigenvalue weighted by Gasteiger charge is -2.33. The van der Waals surface area contributed by atoms with Gasteiger partial charge in [0.05, 0.1) is 16.4 Å². The van der Waals surface area contributed by atoms with Crippen molar-refractivity contribution in [3.63, 3.8) is 0 Å². The molecule has 2 aliphatic heterocycles. The normalized spacial score (nSPS) is 20.0. The zero-order valence-corrected chi connectivity index (χ0v) is 17.3. The monoisotopic (exact) mass is 398 g/mol. The highest BCUT2D eigenvalue weighted by molar-refractivity contribution is 6.37. The minimum Gasteiger partial charge on any atom is -0.354 e. The average Bonchev–Trinajstić information content (AvgIpc) is 3.46. The summed E-state index contributed by atoms with van der Waals surface area (Å²) in [5.41, 5.74) is 7.71. The molecule has 1 saturated carbocycles. The van der Waals surface area contributed by atoms with Crippen molar-refractivity contribution >= 4 is 28.8 Å². The van der Waals surface area contributed by atoms with Crippen LogP contribution >= 0.6 is 11.6 Å². The molecule has 1 aliphatic carbocycles. The molecule has 0 unspecified atom stereocenters. The van der Waals surface area contributed by atoms with Crippen molar-refractivity contribution in [1.82, 2.24) is 15.4 Å². The second-order valence-corrected chi connectivity index (χ2v) is 8.58. The topological polar surface area (TPSA) is 37.9 Å². The summed E-state index contributed by atoms with van der Waals surface area (Å²) in [5.74, 6) is 1.85. The molecule has 1 aromatic carbocycles. The Labute approximate surface area is 171 Å². The summed E-state index contributed by atoms with van der Waals surface area (Å²) in [7, 11) is 4.19. The van der Waals surface area contributed by atoms with E-state index < -0.39 is 0 Å². The number of benzene rings is 1. The first-order valence-electron chi connectivity index (χ1n) is 10.1. The average molecular weight is 399 g/mol. The molecule has 0 bridgehead atoms. The summed E-state index contributed by atoms with van der Waals surface area (Å²) in [6.07, 6.45) is 4.61. The lowest BCUT2D eigenvalue weighted by atomic mass is 10.1. The number of nitrogens with one attached hydrogen (secondary N) is 1. The fraction of sp³-hybridized carbons (Fsp3) is 0.476. The standard InChI is InChI=1S/C21H27ClN6/c1-25-9-11-27(12-10-25)19-8-5-16(13-23-19)17-6-7-18-21(20(17)22)26(2)24-28(18)14-15-3-4-15/h5-8,13,15,24H,3-4,9-12,14H2,1-2H3. The lowest BCUT2D eigenvalue weighted by molar-refractivity contribution is 0.312.